The number of dihydropyridines is 1. The third-order valence-electron chi connectivity index (χ3n) is 3.94. The molecule has 7 heteroatoms. The Morgan fingerprint density at radius 1 is 1.50 bits per heavy atom. The fraction of sp³-hybridized carbons (Fsp3) is 0.400. The smallest absolute Gasteiger partial charge is 0.248 e. The molecule has 3 rings (SSSR count). The number of carbonyl (C=O) groups is 2. The molecule has 112 valence electrons. The van der Waals surface area contributed by atoms with Crippen molar-refractivity contribution in [3.8, 4) is 6.07 Å². The Morgan fingerprint density at radius 3 is 3.18 bits per heavy atom. The molecule has 1 fully saturated rings. The molecule has 0 saturated carbocycles. The zero-order valence-electron chi connectivity index (χ0n) is 11.9. The first-order valence-corrected chi connectivity index (χ1v) is 7.16. The van der Waals surface area contributed by atoms with E-state index < -0.39 is 0 Å². The van der Waals surface area contributed by atoms with E-state index in [1.807, 2.05) is 0 Å². The minimum atomic E-state index is -0.373. The predicted molar refractivity (Wildman–Crippen MR) is 80.0 cm³/mol. The molecule has 3 heterocycles. The van der Waals surface area contributed by atoms with Gasteiger partial charge in [0.05, 0.1) is 18.5 Å². The van der Waals surface area contributed by atoms with Crippen molar-refractivity contribution in [2.24, 2.45) is 15.9 Å². The van der Waals surface area contributed by atoms with Crippen molar-refractivity contribution in [2.45, 2.75) is 18.9 Å². The maximum Gasteiger partial charge on any atom is 0.248 e. The highest BCUT2D eigenvalue weighted by Crippen LogP contribution is 2.23. The SMILES string of the molecule is N#C[C@@H]1CCCN1C(=O)CNC(=O)C1=CC=NC2=NC=CC12. The fourth-order valence-corrected chi connectivity index (χ4v) is 2.80. The lowest BCUT2D eigenvalue weighted by Crippen LogP contribution is -2.43. The summed E-state index contributed by atoms with van der Waals surface area (Å²) >= 11 is 0. The maximum atomic E-state index is 12.2. The molecule has 2 atom stereocenters. The standard InChI is InChI=1S/C15H15N5O2/c16-8-10-2-1-7-20(10)13(21)9-19-15(22)12-4-6-18-14-11(12)3-5-17-14/h3-6,10-11H,1-2,7,9H2,(H,19,22)/t10-,11?/m0/s1. The molecule has 22 heavy (non-hydrogen) atoms. The lowest BCUT2D eigenvalue weighted by Gasteiger charge is -2.20. The van der Waals surface area contributed by atoms with Crippen molar-refractivity contribution in [3.05, 3.63) is 23.9 Å². The van der Waals surface area contributed by atoms with Crippen LogP contribution in [0.3, 0.4) is 0 Å². The van der Waals surface area contributed by atoms with E-state index in [0.29, 0.717) is 24.4 Å². The van der Waals surface area contributed by atoms with Crippen LogP contribution in [0, 0.1) is 17.2 Å². The minimum absolute atomic E-state index is 0.103. The highest BCUT2D eigenvalue weighted by atomic mass is 16.2. The largest absolute Gasteiger partial charge is 0.343 e. The third-order valence-corrected chi connectivity index (χ3v) is 3.94. The molecule has 0 aromatic heterocycles. The Labute approximate surface area is 127 Å². The summed E-state index contributed by atoms with van der Waals surface area (Å²) in [6, 6.07) is 1.74. The van der Waals surface area contributed by atoms with Gasteiger partial charge in [-0.25, -0.2) is 9.98 Å². The first-order chi connectivity index (χ1) is 10.7. The minimum Gasteiger partial charge on any atom is -0.343 e. The molecule has 1 saturated heterocycles. The molecule has 0 aromatic rings. The summed E-state index contributed by atoms with van der Waals surface area (Å²) in [5, 5.41) is 11.6. The van der Waals surface area contributed by atoms with Crippen molar-refractivity contribution in [1.29, 1.82) is 5.26 Å². The van der Waals surface area contributed by atoms with Crippen molar-refractivity contribution in [1.82, 2.24) is 10.2 Å². The number of nitrogens with zero attached hydrogens (tertiary/aromatic N) is 4. The second kappa shape index (κ2) is 5.93. The lowest BCUT2D eigenvalue weighted by molar-refractivity contribution is -0.132. The molecular formula is C15H15N5O2. The number of nitriles is 1. The zero-order chi connectivity index (χ0) is 15.5. The van der Waals surface area contributed by atoms with Crippen LogP contribution in [0.5, 0.6) is 0 Å². The molecule has 0 aliphatic carbocycles. The van der Waals surface area contributed by atoms with Crippen LogP contribution in [-0.2, 0) is 9.59 Å². The molecule has 0 spiro atoms. The van der Waals surface area contributed by atoms with Crippen LogP contribution in [0.2, 0.25) is 0 Å². The zero-order valence-corrected chi connectivity index (χ0v) is 11.9. The molecule has 7 nitrogen and oxygen atoms in total. The molecule has 3 aliphatic heterocycles. The second-order valence-electron chi connectivity index (χ2n) is 5.26. The van der Waals surface area contributed by atoms with Crippen LogP contribution in [-0.4, -0.2) is 47.9 Å². The Balaban J connectivity index is 1.59. The van der Waals surface area contributed by atoms with Crippen molar-refractivity contribution in [2.75, 3.05) is 13.1 Å². The van der Waals surface area contributed by atoms with Gasteiger partial charge in [0, 0.05) is 24.5 Å². The van der Waals surface area contributed by atoms with Gasteiger partial charge < -0.3 is 10.2 Å². The van der Waals surface area contributed by atoms with Gasteiger partial charge in [0.1, 0.15) is 11.9 Å². The van der Waals surface area contributed by atoms with E-state index in [1.165, 1.54) is 11.1 Å². The molecule has 0 bridgehead atoms. The van der Waals surface area contributed by atoms with E-state index >= 15 is 0 Å². The number of likely N-dealkylation sites (tertiary alicyclic amines) is 1. The van der Waals surface area contributed by atoms with Gasteiger partial charge in [-0.15, -0.1) is 0 Å². The van der Waals surface area contributed by atoms with Gasteiger partial charge in [-0.2, -0.15) is 5.26 Å². The molecule has 0 radical (unpaired) electrons. The van der Waals surface area contributed by atoms with E-state index in [0.717, 1.165) is 6.42 Å². The average Bonchev–Trinajstić information content (AvgIpc) is 3.19. The number of rotatable bonds is 3. The number of allylic oxidation sites excluding steroid dienone is 1. The van der Waals surface area contributed by atoms with Gasteiger partial charge in [0.15, 0.2) is 0 Å². The number of hydrogen-bond donors (Lipinski definition) is 1. The Bertz CT molecular complexity index is 668. The Hall–Kier alpha value is -2.75. The number of hydrogen-bond acceptors (Lipinski definition) is 5. The van der Waals surface area contributed by atoms with E-state index in [-0.39, 0.29) is 30.3 Å². The Morgan fingerprint density at radius 2 is 2.36 bits per heavy atom. The van der Waals surface area contributed by atoms with Gasteiger partial charge in [-0.1, -0.05) is 6.08 Å². The summed E-state index contributed by atoms with van der Waals surface area (Å²) in [5.41, 5.74) is 0.522. The quantitative estimate of drug-likeness (QED) is 0.804. The monoisotopic (exact) mass is 297 g/mol. The van der Waals surface area contributed by atoms with Crippen LogP contribution in [0.15, 0.2) is 33.9 Å². The van der Waals surface area contributed by atoms with Crippen LogP contribution in [0.4, 0.5) is 0 Å². The first-order valence-electron chi connectivity index (χ1n) is 7.16. The fourth-order valence-electron chi connectivity index (χ4n) is 2.80. The second-order valence-corrected chi connectivity index (χ2v) is 5.26. The number of amidine groups is 1. The average molecular weight is 297 g/mol. The first kappa shape index (κ1) is 14.2. The highest BCUT2D eigenvalue weighted by Gasteiger charge is 2.30. The number of nitrogens with one attached hydrogen (secondary N) is 1. The summed E-state index contributed by atoms with van der Waals surface area (Å²) in [6.45, 7) is 0.471. The molecule has 1 N–H and O–H groups in total. The van der Waals surface area contributed by atoms with E-state index in [4.69, 9.17) is 5.26 Å². The molecule has 0 aromatic carbocycles. The van der Waals surface area contributed by atoms with Crippen LogP contribution < -0.4 is 5.32 Å². The van der Waals surface area contributed by atoms with E-state index in [1.54, 1.807) is 18.4 Å². The van der Waals surface area contributed by atoms with Gasteiger partial charge in [-0.05, 0) is 18.9 Å². The number of amides is 2. The topological polar surface area (TPSA) is 97.9 Å². The highest BCUT2D eigenvalue weighted by molar-refractivity contribution is 6.11. The van der Waals surface area contributed by atoms with Crippen LogP contribution in [0.25, 0.3) is 0 Å². The summed E-state index contributed by atoms with van der Waals surface area (Å²) < 4.78 is 0. The van der Waals surface area contributed by atoms with Crippen molar-refractivity contribution < 1.29 is 9.59 Å². The predicted octanol–water partition coefficient (Wildman–Crippen LogP) is 0.170. The molecule has 1 unspecified atom stereocenters. The lowest BCUT2D eigenvalue weighted by atomic mass is 9.96. The number of carbonyl (C=O) groups excluding carboxylic acids is 2. The maximum absolute atomic E-state index is 12.2. The normalized spacial score (nSPS) is 25.3. The summed E-state index contributed by atoms with van der Waals surface area (Å²) in [7, 11) is 0. The van der Waals surface area contributed by atoms with Gasteiger partial charge in [-0.3, -0.25) is 9.59 Å². The van der Waals surface area contributed by atoms with E-state index in [2.05, 4.69) is 21.4 Å². The summed E-state index contributed by atoms with van der Waals surface area (Å²) in [6.07, 6.45) is 8.11. The summed E-state index contributed by atoms with van der Waals surface area (Å²) in [4.78, 5) is 34.1. The van der Waals surface area contributed by atoms with Gasteiger partial charge in [0.2, 0.25) is 11.8 Å². The number of fused-ring (bicyclic) bond motifs is 1. The number of aliphatic imine (C=N–C) groups is 2. The van der Waals surface area contributed by atoms with Crippen molar-refractivity contribution in [3.63, 3.8) is 0 Å². The van der Waals surface area contributed by atoms with Gasteiger partial charge >= 0.3 is 0 Å². The van der Waals surface area contributed by atoms with Crippen LogP contribution in [0.1, 0.15) is 12.8 Å². The van der Waals surface area contributed by atoms with Crippen molar-refractivity contribution >= 4 is 23.9 Å². The molecular weight excluding hydrogens is 282 g/mol. The molecule has 3 aliphatic rings. The van der Waals surface area contributed by atoms with Gasteiger partial charge in [0.25, 0.3) is 0 Å². The van der Waals surface area contributed by atoms with E-state index in [9.17, 15) is 9.59 Å². The summed E-state index contributed by atoms with van der Waals surface area (Å²) in [5.74, 6) is -0.184. The molecule has 2 amide bonds. The third kappa shape index (κ3) is 2.55. The Kier molecular flexibility index (Phi) is 3.83. The van der Waals surface area contributed by atoms with Crippen LogP contribution >= 0.6 is 0 Å².